The molecule has 2 N–H and O–H groups in total. The van der Waals surface area contributed by atoms with Crippen LogP contribution in [0.1, 0.15) is 20.8 Å². The number of carbonyl (C=O) groups excluding carboxylic acids is 1. The largest absolute Gasteiger partial charge is 0.490 e. The van der Waals surface area contributed by atoms with E-state index in [9.17, 15) is 19.7 Å². The second kappa shape index (κ2) is 9.44. The molecular weight excluding hydrogens is 346 g/mol. The quantitative estimate of drug-likeness (QED) is 0.505. The van der Waals surface area contributed by atoms with Crippen molar-refractivity contribution in [2.24, 2.45) is 5.92 Å². The van der Waals surface area contributed by atoms with Gasteiger partial charge in [-0.15, -0.1) is 0 Å². The number of nitro groups is 1. The molecule has 144 valence electrons. The van der Waals surface area contributed by atoms with Crippen molar-refractivity contribution in [1.29, 1.82) is 0 Å². The molecule has 26 heavy (non-hydrogen) atoms. The third-order valence-corrected chi connectivity index (χ3v) is 3.42. The number of nitro benzene ring substituents is 1. The molecular formula is C16H23N3O7. The van der Waals surface area contributed by atoms with Crippen LogP contribution >= 0.6 is 0 Å². The van der Waals surface area contributed by atoms with Crippen molar-refractivity contribution in [3.63, 3.8) is 0 Å². The zero-order valence-electron chi connectivity index (χ0n) is 15.1. The molecule has 1 rings (SSSR count). The molecule has 1 unspecified atom stereocenters. The molecule has 1 aromatic rings. The Kier molecular flexibility index (Phi) is 7.63. The average Bonchev–Trinajstić information content (AvgIpc) is 2.56. The summed E-state index contributed by atoms with van der Waals surface area (Å²) < 4.78 is 10.8. The van der Waals surface area contributed by atoms with Gasteiger partial charge in [-0.05, 0) is 13.8 Å². The fourth-order valence-electron chi connectivity index (χ4n) is 2.12. The first-order valence-corrected chi connectivity index (χ1v) is 8.04. The lowest BCUT2D eigenvalue weighted by molar-refractivity contribution is -0.384. The number of rotatable bonds is 9. The fraction of sp³-hybridized carbons (Fsp3) is 0.500. The van der Waals surface area contributed by atoms with Crippen molar-refractivity contribution in [2.45, 2.75) is 20.8 Å². The van der Waals surface area contributed by atoms with E-state index in [0.29, 0.717) is 13.2 Å². The number of nitrogens with one attached hydrogen (secondary N) is 1. The van der Waals surface area contributed by atoms with Crippen molar-refractivity contribution in [3.05, 3.63) is 22.2 Å². The van der Waals surface area contributed by atoms with Gasteiger partial charge in [0, 0.05) is 19.7 Å². The summed E-state index contributed by atoms with van der Waals surface area (Å²) >= 11 is 0. The normalized spacial score (nSPS) is 11.4. The van der Waals surface area contributed by atoms with Crippen molar-refractivity contribution in [3.8, 4) is 11.5 Å². The molecule has 0 bridgehead atoms. The van der Waals surface area contributed by atoms with Gasteiger partial charge in [-0.3, -0.25) is 14.9 Å². The van der Waals surface area contributed by atoms with E-state index >= 15 is 0 Å². The second-order valence-electron chi connectivity index (χ2n) is 5.49. The Bertz CT molecular complexity index is 678. The number of carboxylic acids is 1. The minimum Gasteiger partial charge on any atom is -0.490 e. The van der Waals surface area contributed by atoms with Gasteiger partial charge in [-0.1, -0.05) is 6.92 Å². The maximum atomic E-state index is 12.3. The van der Waals surface area contributed by atoms with Gasteiger partial charge in [0.25, 0.3) is 5.69 Å². The molecule has 0 fully saturated rings. The number of hydrogen-bond acceptors (Lipinski definition) is 6. The Balaban J connectivity index is 3.12. The van der Waals surface area contributed by atoms with E-state index in [0.717, 1.165) is 4.90 Å². The number of nitrogens with zero attached hydrogens (tertiary/aromatic N) is 2. The Morgan fingerprint density at radius 2 is 1.81 bits per heavy atom. The van der Waals surface area contributed by atoms with Gasteiger partial charge in [-0.2, -0.15) is 0 Å². The highest BCUT2D eigenvalue weighted by atomic mass is 16.6. The first-order valence-electron chi connectivity index (χ1n) is 8.04. The number of amides is 2. The Labute approximate surface area is 150 Å². The van der Waals surface area contributed by atoms with Gasteiger partial charge in [0.15, 0.2) is 11.5 Å². The van der Waals surface area contributed by atoms with E-state index < -0.39 is 22.8 Å². The maximum Gasteiger partial charge on any atom is 0.321 e. The van der Waals surface area contributed by atoms with Crippen molar-refractivity contribution in [2.75, 3.05) is 32.1 Å². The van der Waals surface area contributed by atoms with Crippen LogP contribution in [-0.2, 0) is 4.79 Å². The summed E-state index contributed by atoms with van der Waals surface area (Å²) in [7, 11) is 1.40. The molecule has 0 heterocycles. The minimum atomic E-state index is -1.05. The first-order chi connectivity index (χ1) is 12.2. The molecule has 10 heteroatoms. The lowest BCUT2D eigenvalue weighted by Gasteiger charge is -2.20. The van der Waals surface area contributed by atoms with Crippen LogP contribution in [0.5, 0.6) is 11.5 Å². The number of hydrogen-bond donors (Lipinski definition) is 2. The van der Waals surface area contributed by atoms with E-state index in [1.165, 1.54) is 26.1 Å². The highest BCUT2D eigenvalue weighted by molar-refractivity contribution is 5.92. The van der Waals surface area contributed by atoms with Gasteiger partial charge < -0.3 is 24.8 Å². The second-order valence-corrected chi connectivity index (χ2v) is 5.49. The van der Waals surface area contributed by atoms with Gasteiger partial charge in [0.05, 0.1) is 30.1 Å². The topological polar surface area (TPSA) is 131 Å². The molecule has 1 atom stereocenters. The highest BCUT2D eigenvalue weighted by Crippen LogP contribution is 2.38. The van der Waals surface area contributed by atoms with Crippen LogP contribution in [0.25, 0.3) is 0 Å². The number of aliphatic carboxylic acids is 1. The molecule has 0 aromatic heterocycles. The van der Waals surface area contributed by atoms with E-state index in [2.05, 4.69) is 5.32 Å². The van der Waals surface area contributed by atoms with E-state index in [4.69, 9.17) is 14.6 Å². The average molecular weight is 369 g/mol. The Hall–Kier alpha value is -3.04. The van der Waals surface area contributed by atoms with Crippen LogP contribution in [0, 0.1) is 16.0 Å². The first kappa shape index (κ1) is 21.0. The lowest BCUT2D eigenvalue weighted by Crippen LogP contribution is -2.36. The third kappa shape index (κ3) is 5.50. The van der Waals surface area contributed by atoms with Crippen LogP contribution < -0.4 is 14.8 Å². The van der Waals surface area contributed by atoms with Crippen LogP contribution in [0.3, 0.4) is 0 Å². The summed E-state index contributed by atoms with van der Waals surface area (Å²) in [6.45, 7) is 5.48. The zero-order valence-corrected chi connectivity index (χ0v) is 15.1. The molecule has 0 aliphatic heterocycles. The van der Waals surface area contributed by atoms with Gasteiger partial charge in [0.1, 0.15) is 5.69 Å². The maximum absolute atomic E-state index is 12.3. The predicted molar refractivity (Wildman–Crippen MR) is 93.9 cm³/mol. The number of ether oxygens (including phenoxy) is 2. The molecule has 10 nitrogen and oxygen atoms in total. The molecule has 0 saturated heterocycles. The molecule has 1 aromatic carbocycles. The fourth-order valence-corrected chi connectivity index (χ4v) is 2.12. The number of anilines is 1. The van der Waals surface area contributed by atoms with Crippen LogP contribution in [0.4, 0.5) is 16.2 Å². The van der Waals surface area contributed by atoms with E-state index in [1.807, 2.05) is 0 Å². The standard InChI is InChI=1S/C16H23N3O7/c1-5-25-13-7-11(12(19(23)24)8-14(13)26-6-2)17-16(22)18(4)9-10(3)15(20)21/h7-8,10H,5-6,9H2,1-4H3,(H,17,22)(H,20,21). The van der Waals surface area contributed by atoms with E-state index in [1.54, 1.807) is 13.8 Å². The van der Waals surface area contributed by atoms with Gasteiger partial charge in [-0.25, -0.2) is 4.79 Å². The van der Waals surface area contributed by atoms with Gasteiger partial charge >= 0.3 is 12.0 Å². The SMILES string of the molecule is CCOc1cc(NC(=O)N(C)CC(C)C(=O)O)c([N+](=O)[O-])cc1OCC. The monoisotopic (exact) mass is 369 g/mol. The molecule has 2 amide bonds. The summed E-state index contributed by atoms with van der Waals surface area (Å²) in [5.74, 6) is -1.36. The highest BCUT2D eigenvalue weighted by Gasteiger charge is 2.24. The zero-order chi connectivity index (χ0) is 19.9. The van der Waals surface area contributed by atoms with Crippen molar-refractivity contribution >= 4 is 23.4 Å². The number of carboxylic acid groups (broad SMARTS) is 1. The molecule has 0 aliphatic carbocycles. The van der Waals surface area contributed by atoms with Crippen LogP contribution in [-0.4, -0.2) is 53.7 Å². The number of urea groups is 1. The van der Waals surface area contributed by atoms with Crippen molar-refractivity contribution in [1.82, 2.24) is 4.90 Å². The molecule has 0 spiro atoms. The molecule has 0 radical (unpaired) electrons. The summed E-state index contributed by atoms with van der Waals surface area (Å²) in [5.41, 5.74) is -0.424. The smallest absolute Gasteiger partial charge is 0.321 e. The lowest BCUT2D eigenvalue weighted by atomic mass is 10.2. The van der Waals surface area contributed by atoms with Gasteiger partial charge in [0.2, 0.25) is 0 Å². The third-order valence-electron chi connectivity index (χ3n) is 3.42. The van der Waals surface area contributed by atoms with Crippen molar-refractivity contribution < 1.29 is 29.1 Å². The summed E-state index contributed by atoms with van der Waals surface area (Å²) in [6.07, 6.45) is 0. The number of benzene rings is 1. The Morgan fingerprint density at radius 3 is 2.27 bits per heavy atom. The summed E-state index contributed by atoms with van der Waals surface area (Å²) in [4.78, 5) is 35.0. The Morgan fingerprint density at radius 1 is 1.27 bits per heavy atom. The number of carbonyl (C=O) groups is 2. The van der Waals surface area contributed by atoms with Crippen LogP contribution in [0.15, 0.2) is 12.1 Å². The van der Waals surface area contributed by atoms with E-state index in [-0.39, 0.29) is 29.4 Å². The predicted octanol–water partition coefficient (Wildman–Crippen LogP) is 2.58. The minimum absolute atomic E-state index is 0.0513. The molecule has 0 saturated carbocycles. The molecule has 0 aliphatic rings. The summed E-state index contributed by atoms with van der Waals surface area (Å²) in [5, 5.41) is 22.7. The van der Waals surface area contributed by atoms with Crippen LogP contribution in [0.2, 0.25) is 0 Å². The summed E-state index contributed by atoms with van der Waals surface area (Å²) in [6, 6.07) is 1.83.